The summed E-state index contributed by atoms with van der Waals surface area (Å²) in [5.41, 5.74) is 2.72. The minimum Gasteiger partial charge on any atom is -0.465 e. The van der Waals surface area contributed by atoms with Crippen molar-refractivity contribution in [2.45, 2.75) is 32.6 Å². The molecule has 3 rings (SSSR count). The molecule has 0 aliphatic carbocycles. The smallest absolute Gasteiger partial charge is 0.339 e. The summed E-state index contributed by atoms with van der Waals surface area (Å²) >= 11 is 0. The van der Waals surface area contributed by atoms with Crippen LogP contribution in [0.15, 0.2) is 48.5 Å². The molecular formula is C23H26N2O4. The van der Waals surface area contributed by atoms with E-state index in [-0.39, 0.29) is 23.8 Å². The Morgan fingerprint density at radius 2 is 1.86 bits per heavy atom. The number of aryl methyl sites for hydroxylation is 1. The standard InChI is InChI=1S/C23H26N2O4/c1-3-4-7-16-10-12-18(13-11-16)25-15-17(14-21(25)26)22(27)24-20-9-6-5-8-19(20)23(28)29-2/h5-6,8-13,17H,3-4,7,14-15H2,1-2H3,(H,24,27)/t17-/m0/s1. The zero-order valence-electron chi connectivity index (χ0n) is 16.8. The molecule has 0 saturated carbocycles. The minimum absolute atomic E-state index is 0.0762. The fourth-order valence-electron chi connectivity index (χ4n) is 3.47. The Morgan fingerprint density at radius 3 is 2.55 bits per heavy atom. The van der Waals surface area contributed by atoms with Gasteiger partial charge in [0.05, 0.1) is 24.3 Å². The predicted octanol–water partition coefficient (Wildman–Crippen LogP) is 3.81. The van der Waals surface area contributed by atoms with Crippen LogP contribution in [0.5, 0.6) is 0 Å². The third-order valence-corrected chi connectivity index (χ3v) is 5.15. The highest BCUT2D eigenvalue weighted by Crippen LogP contribution is 2.27. The van der Waals surface area contributed by atoms with Crippen LogP contribution < -0.4 is 10.2 Å². The summed E-state index contributed by atoms with van der Waals surface area (Å²) < 4.78 is 4.76. The number of amides is 2. The number of anilines is 2. The second-order valence-corrected chi connectivity index (χ2v) is 7.20. The van der Waals surface area contributed by atoms with Gasteiger partial charge >= 0.3 is 5.97 Å². The van der Waals surface area contributed by atoms with E-state index in [0.717, 1.165) is 24.9 Å². The third kappa shape index (κ3) is 4.83. The van der Waals surface area contributed by atoms with Crippen molar-refractivity contribution in [3.63, 3.8) is 0 Å². The van der Waals surface area contributed by atoms with Crippen LogP contribution in [0.25, 0.3) is 0 Å². The van der Waals surface area contributed by atoms with Gasteiger partial charge in [-0.1, -0.05) is 37.6 Å². The van der Waals surface area contributed by atoms with Crippen molar-refractivity contribution >= 4 is 29.2 Å². The molecule has 1 heterocycles. The second-order valence-electron chi connectivity index (χ2n) is 7.20. The number of carbonyl (C=O) groups excluding carboxylic acids is 3. The monoisotopic (exact) mass is 394 g/mol. The number of hydrogen-bond acceptors (Lipinski definition) is 4. The van der Waals surface area contributed by atoms with Gasteiger partial charge in [0.1, 0.15) is 0 Å². The first-order chi connectivity index (χ1) is 14.0. The van der Waals surface area contributed by atoms with Crippen LogP contribution in [-0.4, -0.2) is 31.4 Å². The van der Waals surface area contributed by atoms with Crippen LogP contribution in [0.2, 0.25) is 0 Å². The van der Waals surface area contributed by atoms with Gasteiger partial charge < -0.3 is 15.0 Å². The van der Waals surface area contributed by atoms with E-state index >= 15 is 0 Å². The molecule has 1 aliphatic rings. The highest BCUT2D eigenvalue weighted by Gasteiger charge is 2.35. The lowest BCUT2D eigenvalue weighted by Gasteiger charge is -2.17. The summed E-state index contributed by atoms with van der Waals surface area (Å²) in [7, 11) is 1.29. The number of hydrogen-bond donors (Lipinski definition) is 1. The third-order valence-electron chi connectivity index (χ3n) is 5.15. The average Bonchev–Trinajstić information content (AvgIpc) is 3.14. The number of benzene rings is 2. The highest BCUT2D eigenvalue weighted by molar-refractivity contribution is 6.06. The molecule has 2 aromatic rings. The minimum atomic E-state index is -0.520. The quantitative estimate of drug-likeness (QED) is 0.725. The summed E-state index contributed by atoms with van der Waals surface area (Å²) in [5.74, 6) is -1.36. The summed E-state index contributed by atoms with van der Waals surface area (Å²) in [6.07, 6.45) is 3.44. The first-order valence-electron chi connectivity index (χ1n) is 9.91. The molecule has 6 heteroatoms. The van der Waals surface area contributed by atoms with E-state index in [1.807, 2.05) is 24.3 Å². The van der Waals surface area contributed by atoms with Gasteiger partial charge in [-0.3, -0.25) is 9.59 Å². The molecular weight excluding hydrogens is 368 g/mol. The van der Waals surface area contributed by atoms with E-state index in [2.05, 4.69) is 12.2 Å². The number of methoxy groups -OCH3 is 1. The molecule has 1 N–H and O–H groups in total. The van der Waals surface area contributed by atoms with Crippen molar-refractivity contribution in [2.75, 3.05) is 23.9 Å². The maximum Gasteiger partial charge on any atom is 0.339 e. The highest BCUT2D eigenvalue weighted by atomic mass is 16.5. The molecule has 29 heavy (non-hydrogen) atoms. The Labute approximate surface area is 170 Å². The fourth-order valence-corrected chi connectivity index (χ4v) is 3.47. The number of nitrogens with one attached hydrogen (secondary N) is 1. The zero-order valence-corrected chi connectivity index (χ0v) is 16.8. The molecule has 0 bridgehead atoms. The van der Waals surface area contributed by atoms with Crippen LogP contribution in [0.3, 0.4) is 0 Å². The average molecular weight is 394 g/mol. The van der Waals surface area contributed by atoms with E-state index in [4.69, 9.17) is 4.74 Å². The largest absolute Gasteiger partial charge is 0.465 e. The maximum absolute atomic E-state index is 12.7. The Balaban J connectivity index is 1.67. The fraction of sp³-hybridized carbons (Fsp3) is 0.348. The molecule has 6 nitrogen and oxygen atoms in total. The van der Waals surface area contributed by atoms with Crippen LogP contribution >= 0.6 is 0 Å². The lowest BCUT2D eigenvalue weighted by atomic mass is 10.1. The summed E-state index contributed by atoms with van der Waals surface area (Å²) in [4.78, 5) is 38.8. The van der Waals surface area contributed by atoms with Crippen molar-refractivity contribution in [3.05, 3.63) is 59.7 Å². The van der Waals surface area contributed by atoms with Gasteiger partial charge in [0.2, 0.25) is 11.8 Å². The van der Waals surface area contributed by atoms with Gasteiger partial charge in [-0.25, -0.2) is 4.79 Å². The van der Waals surface area contributed by atoms with E-state index in [0.29, 0.717) is 12.2 Å². The molecule has 0 radical (unpaired) electrons. The van der Waals surface area contributed by atoms with E-state index in [9.17, 15) is 14.4 Å². The number of rotatable bonds is 7. The molecule has 1 aliphatic heterocycles. The Morgan fingerprint density at radius 1 is 1.14 bits per heavy atom. The van der Waals surface area contributed by atoms with Crippen molar-refractivity contribution in [1.29, 1.82) is 0 Å². The number of carbonyl (C=O) groups is 3. The predicted molar refractivity (Wildman–Crippen MR) is 112 cm³/mol. The van der Waals surface area contributed by atoms with E-state index in [1.54, 1.807) is 29.2 Å². The van der Waals surface area contributed by atoms with Crippen LogP contribution in [0.1, 0.15) is 42.1 Å². The lowest BCUT2D eigenvalue weighted by Crippen LogP contribution is -2.28. The Kier molecular flexibility index (Phi) is 6.65. The molecule has 2 amide bonds. The van der Waals surface area contributed by atoms with Gasteiger partial charge in [-0.05, 0) is 42.7 Å². The van der Waals surface area contributed by atoms with Crippen molar-refractivity contribution in [3.8, 4) is 0 Å². The number of esters is 1. The number of ether oxygens (including phenoxy) is 1. The van der Waals surface area contributed by atoms with Crippen LogP contribution in [0.4, 0.5) is 11.4 Å². The Hall–Kier alpha value is -3.15. The Bertz CT molecular complexity index is 892. The molecule has 1 fully saturated rings. The lowest BCUT2D eigenvalue weighted by molar-refractivity contribution is -0.122. The molecule has 2 aromatic carbocycles. The molecule has 1 atom stereocenters. The number of para-hydroxylation sites is 1. The first-order valence-corrected chi connectivity index (χ1v) is 9.91. The van der Waals surface area contributed by atoms with Crippen molar-refractivity contribution < 1.29 is 19.1 Å². The summed E-state index contributed by atoms with van der Waals surface area (Å²) in [6.45, 7) is 2.48. The maximum atomic E-state index is 12.7. The van der Waals surface area contributed by atoms with E-state index < -0.39 is 11.9 Å². The summed E-state index contributed by atoms with van der Waals surface area (Å²) in [5, 5.41) is 2.77. The molecule has 152 valence electrons. The number of unbranched alkanes of at least 4 members (excludes halogenated alkanes) is 1. The normalized spacial score (nSPS) is 16.0. The zero-order chi connectivity index (χ0) is 20.8. The SMILES string of the molecule is CCCCc1ccc(N2C[C@@H](C(=O)Nc3ccccc3C(=O)OC)CC2=O)cc1. The van der Waals surface area contributed by atoms with Gasteiger partial charge in [0.25, 0.3) is 0 Å². The number of nitrogens with zero attached hydrogens (tertiary/aromatic N) is 1. The van der Waals surface area contributed by atoms with Crippen molar-refractivity contribution in [1.82, 2.24) is 0 Å². The van der Waals surface area contributed by atoms with Gasteiger partial charge in [-0.15, -0.1) is 0 Å². The van der Waals surface area contributed by atoms with E-state index in [1.165, 1.54) is 12.7 Å². The van der Waals surface area contributed by atoms with Crippen LogP contribution in [-0.2, 0) is 20.7 Å². The first kappa shape index (κ1) is 20.6. The molecule has 0 aromatic heterocycles. The molecule has 0 unspecified atom stereocenters. The van der Waals surface area contributed by atoms with Gasteiger partial charge in [0, 0.05) is 18.7 Å². The molecule has 1 saturated heterocycles. The molecule has 0 spiro atoms. The van der Waals surface area contributed by atoms with Gasteiger partial charge in [-0.2, -0.15) is 0 Å². The van der Waals surface area contributed by atoms with Gasteiger partial charge in [0.15, 0.2) is 0 Å². The van der Waals surface area contributed by atoms with Crippen molar-refractivity contribution in [2.24, 2.45) is 5.92 Å². The second kappa shape index (κ2) is 9.37. The topological polar surface area (TPSA) is 75.7 Å². The summed E-state index contributed by atoms with van der Waals surface area (Å²) in [6, 6.07) is 14.6. The van der Waals surface area contributed by atoms with Crippen LogP contribution in [0, 0.1) is 5.92 Å².